The third kappa shape index (κ3) is 5.45. The number of carbonyl (C=O) groups is 3. The second-order valence-electron chi connectivity index (χ2n) is 8.73. The van der Waals surface area contributed by atoms with Gasteiger partial charge >= 0.3 is 12.2 Å². The van der Waals surface area contributed by atoms with Gasteiger partial charge in [-0.05, 0) is 58.8 Å². The van der Waals surface area contributed by atoms with E-state index < -0.39 is 40.8 Å². The van der Waals surface area contributed by atoms with Crippen molar-refractivity contribution in [2.75, 3.05) is 4.90 Å². The fourth-order valence-electron chi connectivity index (χ4n) is 4.23. The maximum Gasteiger partial charge on any atom is 0.416 e. The van der Waals surface area contributed by atoms with Crippen LogP contribution in [-0.2, 0) is 22.4 Å². The van der Waals surface area contributed by atoms with Crippen molar-refractivity contribution in [3.8, 4) is 5.75 Å². The number of amides is 4. The number of barbiturate groups is 1. The molecule has 4 amide bonds. The zero-order chi connectivity index (χ0) is 28.6. The molecule has 0 radical (unpaired) electrons. The average Bonchev–Trinajstić information content (AvgIpc) is 2.91. The molecule has 1 aliphatic rings. The summed E-state index contributed by atoms with van der Waals surface area (Å²) in [6.45, 7) is 0.170. The van der Waals surface area contributed by atoms with Crippen LogP contribution in [0.2, 0.25) is 5.02 Å². The van der Waals surface area contributed by atoms with Gasteiger partial charge in [-0.1, -0.05) is 70.0 Å². The van der Waals surface area contributed by atoms with Crippen LogP contribution in [0.1, 0.15) is 16.7 Å². The summed E-state index contributed by atoms with van der Waals surface area (Å²) in [5, 5.41) is 3.74. The average molecular weight is 630 g/mol. The second kappa shape index (κ2) is 10.8. The Kier molecular flexibility index (Phi) is 7.39. The van der Waals surface area contributed by atoms with Crippen molar-refractivity contribution in [3.05, 3.63) is 111 Å². The minimum atomic E-state index is -4.75. The third-order valence-corrected chi connectivity index (χ3v) is 6.96. The number of ether oxygens (including phenoxy) is 1. The summed E-state index contributed by atoms with van der Waals surface area (Å²) in [7, 11) is 0. The fourth-order valence-corrected chi connectivity index (χ4v) is 4.81. The van der Waals surface area contributed by atoms with E-state index in [-0.39, 0.29) is 11.6 Å². The number of nitrogens with zero attached hydrogens (tertiary/aromatic N) is 1. The van der Waals surface area contributed by atoms with E-state index in [2.05, 4.69) is 15.9 Å². The SMILES string of the molecule is O=C1NC(=O)N(c2cc(C(F)(F)F)ccc2Cl)C(=O)/C1=C\c1cc(Br)ccc1OCc1cccc2ccccc12. The zero-order valence-corrected chi connectivity index (χ0v) is 22.6. The second-order valence-corrected chi connectivity index (χ2v) is 10.1. The summed E-state index contributed by atoms with van der Waals surface area (Å²) in [5.74, 6) is -1.84. The normalized spacial score (nSPS) is 15.1. The summed E-state index contributed by atoms with van der Waals surface area (Å²) >= 11 is 9.42. The van der Waals surface area contributed by atoms with Gasteiger partial charge in [0.1, 0.15) is 17.9 Å². The third-order valence-electron chi connectivity index (χ3n) is 6.15. The molecule has 0 spiro atoms. The van der Waals surface area contributed by atoms with Crippen LogP contribution < -0.4 is 15.0 Å². The van der Waals surface area contributed by atoms with Crippen molar-refractivity contribution in [3.63, 3.8) is 0 Å². The molecule has 0 atom stereocenters. The lowest BCUT2D eigenvalue weighted by molar-refractivity contribution is -0.137. The molecule has 1 fully saturated rings. The minimum absolute atomic E-state index is 0.170. The Morgan fingerprint density at radius 2 is 1.70 bits per heavy atom. The molecule has 40 heavy (non-hydrogen) atoms. The number of benzene rings is 4. The number of rotatable bonds is 5. The van der Waals surface area contributed by atoms with E-state index in [1.807, 2.05) is 47.8 Å². The van der Waals surface area contributed by atoms with Crippen LogP contribution in [0.3, 0.4) is 0 Å². The molecule has 4 aromatic carbocycles. The molecule has 0 bridgehead atoms. The quantitative estimate of drug-likeness (QED) is 0.183. The van der Waals surface area contributed by atoms with E-state index in [1.54, 1.807) is 18.2 Å². The lowest BCUT2D eigenvalue weighted by Crippen LogP contribution is -2.54. The first kappa shape index (κ1) is 27.4. The van der Waals surface area contributed by atoms with Gasteiger partial charge in [-0.3, -0.25) is 14.9 Å². The number of anilines is 1. The molecule has 1 N–H and O–H groups in total. The highest BCUT2D eigenvalue weighted by Crippen LogP contribution is 2.37. The van der Waals surface area contributed by atoms with Gasteiger partial charge in [-0.2, -0.15) is 13.2 Å². The largest absolute Gasteiger partial charge is 0.488 e. The minimum Gasteiger partial charge on any atom is -0.488 e. The summed E-state index contributed by atoms with van der Waals surface area (Å²) in [6, 6.07) is 19.5. The highest BCUT2D eigenvalue weighted by molar-refractivity contribution is 9.10. The van der Waals surface area contributed by atoms with Crippen LogP contribution in [-0.4, -0.2) is 17.8 Å². The Hall–Kier alpha value is -4.15. The lowest BCUT2D eigenvalue weighted by atomic mass is 10.0. The molecule has 0 saturated carbocycles. The van der Waals surface area contributed by atoms with E-state index in [9.17, 15) is 27.6 Å². The zero-order valence-electron chi connectivity index (χ0n) is 20.3. The number of hydrogen-bond donors (Lipinski definition) is 1. The Balaban J connectivity index is 1.51. The van der Waals surface area contributed by atoms with Gasteiger partial charge in [0.05, 0.1) is 16.3 Å². The van der Waals surface area contributed by atoms with E-state index in [0.717, 1.165) is 28.5 Å². The molecule has 1 heterocycles. The number of urea groups is 1. The fraction of sp³-hybridized carbons (Fsp3) is 0.0690. The van der Waals surface area contributed by atoms with Gasteiger partial charge in [0.2, 0.25) is 0 Å². The molecule has 202 valence electrons. The molecule has 1 aliphatic heterocycles. The van der Waals surface area contributed by atoms with Crippen molar-refractivity contribution in [1.29, 1.82) is 0 Å². The van der Waals surface area contributed by atoms with Crippen molar-refractivity contribution < 1.29 is 32.3 Å². The first-order chi connectivity index (χ1) is 19.0. The van der Waals surface area contributed by atoms with Crippen LogP contribution in [0.15, 0.2) is 88.9 Å². The van der Waals surface area contributed by atoms with Gasteiger partial charge in [-0.25, -0.2) is 9.69 Å². The first-order valence-corrected chi connectivity index (χ1v) is 12.9. The summed E-state index contributed by atoms with van der Waals surface area (Å²) in [5.41, 5.74) is -0.911. The van der Waals surface area contributed by atoms with Crippen LogP contribution >= 0.6 is 27.5 Å². The van der Waals surface area contributed by atoms with Gasteiger partial charge in [-0.15, -0.1) is 0 Å². The Morgan fingerprint density at radius 1 is 0.950 bits per heavy atom. The van der Waals surface area contributed by atoms with Crippen LogP contribution in [0.4, 0.5) is 23.7 Å². The van der Waals surface area contributed by atoms with Crippen molar-refractivity contribution in [2.45, 2.75) is 12.8 Å². The molecule has 6 nitrogen and oxygen atoms in total. The molecule has 11 heteroatoms. The van der Waals surface area contributed by atoms with E-state index in [0.29, 0.717) is 26.8 Å². The Bertz CT molecular complexity index is 1720. The van der Waals surface area contributed by atoms with E-state index in [1.165, 1.54) is 6.08 Å². The highest BCUT2D eigenvalue weighted by atomic mass is 79.9. The molecule has 4 aromatic rings. The molecular weight excluding hydrogens is 613 g/mol. The number of imide groups is 2. The number of halogens is 5. The number of fused-ring (bicyclic) bond motifs is 1. The monoisotopic (exact) mass is 628 g/mol. The number of alkyl halides is 3. The van der Waals surface area contributed by atoms with Gasteiger partial charge in [0.25, 0.3) is 11.8 Å². The van der Waals surface area contributed by atoms with Gasteiger partial charge in [0.15, 0.2) is 0 Å². The summed E-state index contributed by atoms with van der Waals surface area (Å²) in [6.07, 6.45) is -3.54. The maximum atomic E-state index is 13.4. The molecule has 0 unspecified atom stereocenters. The smallest absolute Gasteiger partial charge is 0.416 e. The van der Waals surface area contributed by atoms with Gasteiger partial charge < -0.3 is 4.74 Å². The maximum absolute atomic E-state index is 13.4. The number of hydrogen-bond acceptors (Lipinski definition) is 4. The van der Waals surface area contributed by atoms with Crippen LogP contribution in [0, 0.1) is 0 Å². The van der Waals surface area contributed by atoms with Crippen molar-refractivity contribution in [1.82, 2.24) is 5.32 Å². The van der Waals surface area contributed by atoms with Crippen molar-refractivity contribution in [2.24, 2.45) is 0 Å². The van der Waals surface area contributed by atoms with E-state index >= 15 is 0 Å². The molecular formula is C29H17BrClF3N2O4. The number of carbonyl (C=O) groups excluding carboxylic acids is 3. The van der Waals surface area contributed by atoms with Crippen molar-refractivity contribution >= 4 is 67.9 Å². The topological polar surface area (TPSA) is 75.7 Å². The first-order valence-electron chi connectivity index (χ1n) is 11.7. The number of nitrogens with one attached hydrogen (secondary N) is 1. The van der Waals surface area contributed by atoms with Crippen LogP contribution in [0.25, 0.3) is 16.8 Å². The molecule has 0 aliphatic carbocycles. The lowest BCUT2D eigenvalue weighted by Gasteiger charge is -2.27. The van der Waals surface area contributed by atoms with Crippen LogP contribution in [0.5, 0.6) is 5.75 Å². The summed E-state index contributed by atoms with van der Waals surface area (Å²) in [4.78, 5) is 39.1. The molecule has 0 aromatic heterocycles. The van der Waals surface area contributed by atoms with Gasteiger partial charge in [0, 0.05) is 10.0 Å². The Labute approximate surface area is 239 Å². The molecule has 5 rings (SSSR count). The molecule has 1 saturated heterocycles. The van der Waals surface area contributed by atoms with E-state index in [4.69, 9.17) is 16.3 Å². The Morgan fingerprint density at radius 3 is 2.48 bits per heavy atom. The predicted octanol–water partition coefficient (Wildman–Crippen LogP) is 7.52. The highest BCUT2D eigenvalue weighted by Gasteiger charge is 2.39. The summed E-state index contributed by atoms with van der Waals surface area (Å²) < 4.78 is 46.6. The predicted molar refractivity (Wildman–Crippen MR) is 148 cm³/mol. The standard InChI is InChI=1S/C29H17BrClF3N2O4/c30-20-9-11-25(40-15-17-6-3-5-16-4-1-2-7-21(16)17)18(12-20)13-22-26(37)35-28(39)36(27(22)38)24-14-19(29(32,33)34)8-10-23(24)31/h1-14H,15H2,(H,35,37,39)/b22-13-.